The van der Waals surface area contributed by atoms with Gasteiger partial charge < -0.3 is 10.6 Å². The lowest BCUT2D eigenvalue weighted by Gasteiger charge is -2.33. The van der Waals surface area contributed by atoms with E-state index in [0.717, 1.165) is 40.8 Å². The Kier molecular flexibility index (Phi) is 7.25. The summed E-state index contributed by atoms with van der Waals surface area (Å²) in [6.07, 6.45) is 6.28. The summed E-state index contributed by atoms with van der Waals surface area (Å²) < 4.78 is 23.8. The van der Waals surface area contributed by atoms with Crippen molar-refractivity contribution < 1.29 is 18.0 Å². The molecule has 0 bridgehead atoms. The fourth-order valence-corrected chi connectivity index (χ4v) is 7.82. The number of fused-ring (bicyclic) bond motifs is 1. The third kappa shape index (κ3) is 6.22. The molecule has 1 aliphatic heterocycles. The van der Waals surface area contributed by atoms with E-state index in [-0.39, 0.29) is 34.8 Å². The second kappa shape index (κ2) is 9.90. The van der Waals surface area contributed by atoms with E-state index in [4.69, 9.17) is 0 Å². The van der Waals surface area contributed by atoms with E-state index in [9.17, 15) is 18.0 Å². The van der Waals surface area contributed by atoms with Gasteiger partial charge in [0.15, 0.2) is 9.84 Å². The number of aryl methyl sites for hydroxylation is 1. The number of carbonyl (C=O) groups excluding carboxylic acids is 2. The van der Waals surface area contributed by atoms with Gasteiger partial charge in [-0.15, -0.1) is 11.3 Å². The highest BCUT2D eigenvalue weighted by molar-refractivity contribution is 7.91. The summed E-state index contributed by atoms with van der Waals surface area (Å²) in [6, 6.07) is 7.48. The minimum absolute atomic E-state index is 0.0296. The molecule has 6 nitrogen and oxygen atoms in total. The van der Waals surface area contributed by atoms with Gasteiger partial charge >= 0.3 is 0 Å². The van der Waals surface area contributed by atoms with E-state index < -0.39 is 9.84 Å². The topological polar surface area (TPSA) is 92.3 Å². The smallest absolute Gasteiger partial charge is 0.254 e. The number of hydrogen-bond acceptors (Lipinski definition) is 5. The van der Waals surface area contributed by atoms with E-state index >= 15 is 0 Å². The Morgan fingerprint density at radius 2 is 1.83 bits per heavy atom. The molecule has 8 heteroatoms. The lowest BCUT2D eigenvalue weighted by molar-refractivity contribution is -0.111. The van der Waals surface area contributed by atoms with Crippen molar-refractivity contribution in [2.45, 2.75) is 59.4 Å². The number of anilines is 1. The van der Waals surface area contributed by atoms with Crippen LogP contribution in [0.25, 0.3) is 6.08 Å². The zero-order valence-electron chi connectivity index (χ0n) is 20.8. The van der Waals surface area contributed by atoms with Gasteiger partial charge in [0.25, 0.3) is 5.91 Å². The Hall–Kier alpha value is -2.45. The third-order valence-electron chi connectivity index (χ3n) is 7.03. The molecule has 2 amide bonds. The van der Waals surface area contributed by atoms with Crippen molar-refractivity contribution in [2.24, 2.45) is 11.3 Å². The molecule has 2 N–H and O–H groups in total. The minimum atomic E-state index is -3.11. The molecule has 2 heterocycles. The van der Waals surface area contributed by atoms with Gasteiger partial charge in [-0.2, -0.15) is 0 Å². The molecule has 1 aromatic carbocycles. The Morgan fingerprint density at radius 1 is 1.11 bits per heavy atom. The van der Waals surface area contributed by atoms with Crippen LogP contribution in [0.5, 0.6) is 0 Å². The van der Waals surface area contributed by atoms with Gasteiger partial charge in [-0.3, -0.25) is 9.59 Å². The van der Waals surface area contributed by atoms with Gasteiger partial charge in [-0.05, 0) is 61.1 Å². The van der Waals surface area contributed by atoms with Crippen LogP contribution in [-0.4, -0.2) is 37.8 Å². The van der Waals surface area contributed by atoms with Crippen LogP contribution in [0.1, 0.15) is 65.5 Å². The Bertz CT molecular complexity index is 1250. The number of carbonyl (C=O) groups is 2. The van der Waals surface area contributed by atoms with Crippen molar-refractivity contribution in [1.82, 2.24) is 5.32 Å². The van der Waals surface area contributed by atoms with E-state index in [1.807, 2.05) is 31.2 Å². The molecule has 35 heavy (non-hydrogen) atoms. The highest BCUT2D eigenvalue weighted by atomic mass is 32.2. The number of sulfone groups is 1. The van der Waals surface area contributed by atoms with E-state index in [1.54, 1.807) is 6.08 Å². The Labute approximate surface area is 212 Å². The molecule has 2 aromatic rings. The SMILES string of the molecule is Cc1ccc(/C=C/C(=O)Nc2sc3c(c2C(=O)NC2CCS(=O)(=O)C2)CCC(C(C)(C)C)C3)cc1. The van der Waals surface area contributed by atoms with Crippen LogP contribution in [-0.2, 0) is 27.5 Å². The summed E-state index contributed by atoms with van der Waals surface area (Å²) in [5.41, 5.74) is 3.72. The van der Waals surface area contributed by atoms with Crippen molar-refractivity contribution in [3.05, 3.63) is 57.5 Å². The standard InChI is InChI=1S/C27H34N2O4S2/c1-17-5-7-18(8-6-17)9-12-23(30)29-26-24(25(31)28-20-13-14-35(32,33)16-20)21-11-10-19(27(2,3)4)15-22(21)34-26/h5-9,12,19-20H,10-11,13-16H2,1-4H3,(H,28,31)(H,29,30)/b12-9+. The molecular formula is C27H34N2O4S2. The predicted molar refractivity (Wildman–Crippen MR) is 143 cm³/mol. The van der Waals surface area contributed by atoms with Gasteiger partial charge in [0.05, 0.1) is 17.1 Å². The van der Waals surface area contributed by atoms with E-state index in [0.29, 0.717) is 22.9 Å². The first-order valence-corrected chi connectivity index (χ1v) is 14.8. The van der Waals surface area contributed by atoms with Gasteiger partial charge in [0, 0.05) is 17.0 Å². The van der Waals surface area contributed by atoms with Crippen molar-refractivity contribution in [3.8, 4) is 0 Å². The normalized spacial score (nSPS) is 21.6. The van der Waals surface area contributed by atoms with Crippen LogP contribution in [0.3, 0.4) is 0 Å². The maximum absolute atomic E-state index is 13.4. The maximum Gasteiger partial charge on any atom is 0.254 e. The fraction of sp³-hybridized carbons (Fsp3) is 0.481. The second-order valence-electron chi connectivity index (χ2n) is 10.8. The lowest BCUT2D eigenvalue weighted by atomic mass is 9.72. The molecule has 4 rings (SSSR count). The van der Waals surface area contributed by atoms with Crippen molar-refractivity contribution in [2.75, 3.05) is 16.8 Å². The minimum Gasteiger partial charge on any atom is -0.348 e. The zero-order chi connectivity index (χ0) is 25.4. The van der Waals surface area contributed by atoms with Gasteiger partial charge in [-0.1, -0.05) is 50.6 Å². The molecule has 0 saturated carbocycles. The van der Waals surface area contributed by atoms with E-state index in [2.05, 4.69) is 31.4 Å². The summed E-state index contributed by atoms with van der Waals surface area (Å²) >= 11 is 1.47. The monoisotopic (exact) mass is 514 g/mol. The first kappa shape index (κ1) is 25.6. The van der Waals surface area contributed by atoms with Crippen LogP contribution in [0.4, 0.5) is 5.00 Å². The van der Waals surface area contributed by atoms with Crippen molar-refractivity contribution >= 4 is 44.1 Å². The second-order valence-corrected chi connectivity index (χ2v) is 14.2. The number of hydrogen-bond donors (Lipinski definition) is 2. The molecule has 2 aliphatic rings. The molecular weight excluding hydrogens is 480 g/mol. The van der Waals surface area contributed by atoms with Crippen LogP contribution in [0, 0.1) is 18.3 Å². The van der Waals surface area contributed by atoms with E-state index in [1.165, 1.54) is 17.4 Å². The highest BCUT2D eigenvalue weighted by Gasteiger charge is 2.35. The molecule has 188 valence electrons. The number of thiophene rings is 1. The van der Waals surface area contributed by atoms with Crippen LogP contribution in [0.2, 0.25) is 0 Å². The number of nitrogens with one attached hydrogen (secondary N) is 2. The summed E-state index contributed by atoms with van der Waals surface area (Å²) in [5, 5.41) is 6.41. The van der Waals surface area contributed by atoms with Gasteiger partial charge in [0.1, 0.15) is 5.00 Å². The molecule has 2 atom stereocenters. The summed E-state index contributed by atoms with van der Waals surface area (Å²) in [7, 11) is -3.11. The molecule has 1 fully saturated rings. The summed E-state index contributed by atoms with van der Waals surface area (Å²) in [5.74, 6) is -0.0291. The first-order valence-electron chi connectivity index (χ1n) is 12.1. The summed E-state index contributed by atoms with van der Waals surface area (Å²) in [4.78, 5) is 27.3. The predicted octanol–water partition coefficient (Wildman–Crippen LogP) is 4.78. The van der Waals surface area contributed by atoms with Crippen molar-refractivity contribution in [3.63, 3.8) is 0 Å². The number of amides is 2. The number of benzene rings is 1. The molecule has 2 unspecified atom stereocenters. The van der Waals surface area contributed by atoms with Gasteiger partial charge in [0.2, 0.25) is 5.91 Å². The molecule has 0 spiro atoms. The molecule has 1 aliphatic carbocycles. The average Bonchev–Trinajstić information content (AvgIpc) is 3.30. The lowest BCUT2D eigenvalue weighted by Crippen LogP contribution is -2.36. The van der Waals surface area contributed by atoms with Crippen LogP contribution >= 0.6 is 11.3 Å². The average molecular weight is 515 g/mol. The fourth-order valence-electron chi connectivity index (χ4n) is 4.82. The zero-order valence-corrected chi connectivity index (χ0v) is 22.4. The Balaban J connectivity index is 1.58. The summed E-state index contributed by atoms with van der Waals surface area (Å²) in [6.45, 7) is 8.73. The largest absolute Gasteiger partial charge is 0.348 e. The van der Waals surface area contributed by atoms with Crippen molar-refractivity contribution in [1.29, 1.82) is 0 Å². The van der Waals surface area contributed by atoms with Crippen LogP contribution < -0.4 is 10.6 Å². The third-order valence-corrected chi connectivity index (χ3v) is 9.96. The molecule has 0 radical (unpaired) electrons. The molecule has 1 aromatic heterocycles. The van der Waals surface area contributed by atoms with Crippen LogP contribution in [0.15, 0.2) is 30.3 Å². The molecule has 1 saturated heterocycles. The quantitative estimate of drug-likeness (QED) is 0.562. The first-order chi connectivity index (χ1) is 16.4. The number of rotatable bonds is 5. The maximum atomic E-state index is 13.4. The Morgan fingerprint density at radius 3 is 2.46 bits per heavy atom. The van der Waals surface area contributed by atoms with Gasteiger partial charge in [-0.25, -0.2) is 8.42 Å². The highest BCUT2D eigenvalue weighted by Crippen LogP contribution is 2.44.